The molecule has 1 heterocycles. The maximum Gasteiger partial charge on any atom is 0.267 e. The number of hydrogen-bond donors (Lipinski definition) is 2. The topological polar surface area (TPSA) is 55.1 Å². The Hall–Kier alpha value is -2.59. The summed E-state index contributed by atoms with van der Waals surface area (Å²) in [4.78, 5) is 12.6. The second-order valence-corrected chi connectivity index (χ2v) is 5.52. The lowest BCUT2D eigenvalue weighted by Gasteiger charge is -2.06. The zero-order chi connectivity index (χ0) is 14.7. The summed E-state index contributed by atoms with van der Waals surface area (Å²) in [6, 6.07) is 19.6. The van der Waals surface area contributed by atoms with E-state index in [1.165, 1.54) is 11.3 Å². The molecule has 0 fully saturated rings. The molecule has 0 atom stereocenters. The smallest absolute Gasteiger partial charge is 0.267 e. The van der Waals surface area contributed by atoms with Gasteiger partial charge in [0.15, 0.2) is 0 Å². The monoisotopic (exact) mass is 294 g/mol. The first-order valence-electron chi connectivity index (χ1n) is 6.54. The Morgan fingerprint density at radius 1 is 0.905 bits per heavy atom. The Bertz CT molecular complexity index is 748. The number of carbonyl (C=O) groups is 1. The van der Waals surface area contributed by atoms with E-state index in [1.54, 1.807) is 6.07 Å². The van der Waals surface area contributed by atoms with Gasteiger partial charge in [-0.15, -0.1) is 11.3 Å². The van der Waals surface area contributed by atoms with E-state index in [1.807, 2.05) is 47.8 Å². The zero-order valence-corrected chi connectivity index (χ0v) is 12.1. The highest BCUT2D eigenvalue weighted by Crippen LogP contribution is 2.23. The maximum absolute atomic E-state index is 12.1. The number of thiophene rings is 1. The summed E-state index contributed by atoms with van der Waals surface area (Å²) in [6.45, 7) is 0. The van der Waals surface area contributed by atoms with Crippen molar-refractivity contribution in [3.05, 3.63) is 70.9 Å². The van der Waals surface area contributed by atoms with Gasteiger partial charge in [-0.05, 0) is 34.7 Å². The highest BCUT2D eigenvalue weighted by Gasteiger charge is 2.11. The van der Waals surface area contributed by atoms with Crippen molar-refractivity contribution in [1.29, 1.82) is 0 Å². The van der Waals surface area contributed by atoms with E-state index < -0.39 is 0 Å². The SMILES string of the molecule is Nc1ccsc1C(=O)Nc1ccc(-c2ccccc2)cc1. The van der Waals surface area contributed by atoms with E-state index in [0.717, 1.165) is 16.8 Å². The van der Waals surface area contributed by atoms with E-state index in [4.69, 9.17) is 5.73 Å². The van der Waals surface area contributed by atoms with Gasteiger partial charge in [0.05, 0.1) is 5.69 Å². The predicted molar refractivity (Wildman–Crippen MR) is 88.6 cm³/mol. The van der Waals surface area contributed by atoms with E-state index in [-0.39, 0.29) is 5.91 Å². The Kier molecular flexibility index (Phi) is 3.71. The second-order valence-electron chi connectivity index (χ2n) is 4.60. The van der Waals surface area contributed by atoms with Crippen LogP contribution in [-0.2, 0) is 0 Å². The summed E-state index contributed by atoms with van der Waals surface area (Å²) in [7, 11) is 0. The number of carbonyl (C=O) groups excluding carboxylic acids is 1. The molecule has 21 heavy (non-hydrogen) atoms. The van der Waals surface area contributed by atoms with Crippen molar-refractivity contribution < 1.29 is 4.79 Å². The van der Waals surface area contributed by atoms with Crippen LogP contribution in [0.4, 0.5) is 11.4 Å². The summed E-state index contributed by atoms with van der Waals surface area (Å²) >= 11 is 1.34. The fourth-order valence-corrected chi connectivity index (χ4v) is 2.78. The molecule has 1 aromatic heterocycles. The average molecular weight is 294 g/mol. The number of hydrogen-bond acceptors (Lipinski definition) is 3. The van der Waals surface area contributed by atoms with Gasteiger partial charge >= 0.3 is 0 Å². The van der Waals surface area contributed by atoms with Crippen molar-refractivity contribution in [2.45, 2.75) is 0 Å². The highest BCUT2D eigenvalue weighted by atomic mass is 32.1. The van der Waals surface area contributed by atoms with Crippen LogP contribution in [0.3, 0.4) is 0 Å². The van der Waals surface area contributed by atoms with Gasteiger partial charge in [-0.3, -0.25) is 4.79 Å². The van der Waals surface area contributed by atoms with Crippen molar-refractivity contribution in [2.24, 2.45) is 0 Å². The molecule has 0 aliphatic rings. The fourth-order valence-electron chi connectivity index (χ4n) is 2.07. The van der Waals surface area contributed by atoms with Crippen LogP contribution in [0, 0.1) is 0 Å². The molecule has 0 unspecified atom stereocenters. The first-order chi connectivity index (χ1) is 10.2. The van der Waals surface area contributed by atoms with Gasteiger partial charge in [-0.1, -0.05) is 42.5 Å². The van der Waals surface area contributed by atoms with Crippen LogP contribution in [0.2, 0.25) is 0 Å². The molecule has 104 valence electrons. The number of rotatable bonds is 3. The van der Waals surface area contributed by atoms with E-state index in [2.05, 4.69) is 17.4 Å². The molecule has 0 spiro atoms. The van der Waals surface area contributed by atoms with Crippen molar-refractivity contribution in [3.63, 3.8) is 0 Å². The highest BCUT2D eigenvalue weighted by molar-refractivity contribution is 7.12. The number of amides is 1. The Labute approximate surface area is 127 Å². The molecule has 0 saturated heterocycles. The number of benzene rings is 2. The van der Waals surface area contributed by atoms with Gasteiger partial charge in [0.1, 0.15) is 4.88 Å². The van der Waals surface area contributed by atoms with E-state index in [0.29, 0.717) is 10.6 Å². The lowest BCUT2D eigenvalue weighted by molar-refractivity contribution is 0.103. The van der Waals surface area contributed by atoms with Gasteiger partial charge in [-0.2, -0.15) is 0 Å². The fraction of sp³-hybridized carbons (Fsp3) is 0. The Balaban J connectivity index is 1.76. The second kappa shape index (κ2) is 5.81. The molecule has 0 saturated carbocycles. The third kappa shape index (κ3) is 2.95. The average Bonchev–Trinajstić information content (AvgIpc) is 2.95. The molecule has 0 aliphatic heterocycles. The minimum atomic E-state index is -0.171. The van der Waals surface area contributed by atoms with E-state index in [9.17, 15) is 4.79 Å². The summed E-state index contributed by atoms with van der Waals surface area (Å²) in [5.74, 6) is -0.171. The molecule has 3 N–H and O–H groups in total. The quantitative estimate of drug-likeness (QED) is 0.758. The van der Waals surface area contributed by atoms with Gasteiger partial charge in [0, 0.05) is 5.69 Å². The molecule has 0 aliphatic carbocycles. The molecule has 3 aromatic rings. The minimum absolute atomic E-state index is 0.171. The maximum atomic E-state index is 12.1. The molecule has 1 amide bonds. The molecule has 0 bridgehead atoms. The normalized spacial score (nSPS) is 10.3. The minimum Gasteiger partial charge on any atom is -0.397 e. The molecule has 3 rings (SSSR count). The summed E-state index contributed by atoms with van der Waals surface area (Å²) < 4.78 is 0. The Morgan fingerprint density at radius 2 is 1.57 bits per heavy atom. The first kappa shape index (κ1) is 13.4. The van der Waals surface area contributed by atoms with Crippen molar-refractivity contribution in [1.82, 2.24) is 0 Å². The Morgan fingerprint density at radius 3 is 2.19 bits per heavy atom. The zero-order valence-electron chi connectivity index (χ0n) is 11.2. The molecule has 3 nitrogen and oxygen atoms in total. The van der Waals surface area contributed by atoms with Crippen LogP contribution in [-0.4, -0.2) is 5.91 Å². The van der Waals surface area contributed by atoms with Gasteiger partial charge < -0.3 is 11.1 Å². The first-order valence-corrected chi connectivity index (χ1v) is 7.42. The van der Waals surface area contributed by atoms with Crippen LogP contribution in [0.15, 0.2) is 66.0 Å². The molecule has 0 radical (unpaired) electrons. The van der Waals surface area contributed by atoms with Crippen LogP contribution in [0.1, 0.15) is 9.67 Å². The van der Waals surface area contributed by atoms with Crippen LogP contribution in [0.5, 0.6) is 0 Å². The number of nitrogens with two attached hydrogens (primary N) is 1. The molecule has 2 aromatic carbocycles. The summed E-state index contributed by atoms with van der Waals surface area (Å²) in [6.07, 6.45) is 0. The van der Waals surface area contributed by atoms with Gasteiger partial charge in [0.25, 0.3) is 5.91 Å². The van der Waals surface area contributed by atoms with E-state index >= 15 is 0 Å². The molecular formula is C17H14N2OS. The lowest BCUT2D eigenvalue weighted by Crippen LogP contribution is -2.11. The standard InChI is InChI=1S/C17H14N2OS/c18-15-10-11-21-16(15)17(20)19-14-8-6-13(7-9-14)12-4-2-1-3-5-12/h1-11H,18H2,(H,19,20). The molecule has 4 heteroatoms. The van der Waals surface area contributed by atoms with Crippen molar-refractivity contribution in [2.75, 3.05) is 11.1 Å². The third-order valence-electron chi connectivity index (χ3n) is 3.15. The number of nitrogen functional groups attached to an aromatic ring is 1. The number of nitrogens with one attached hydrogen (secondary N) is 1. The van der Waals surface area contributed by atoms with Crippen LogP contribution >= 0.6 is 11.3 Å². The number of anilines is 2. The van der Waals surface area contributed by atoms with Crippen LogP contribution in [0.25, 0.3) is 11.1 Å². The van der Waals surface area contributed by atoms with Crippen molar-refractivity contribution in [3.8, 4) is 11.1 Å². The van der Waals surface area contributed by atoms with Gasteiger partial charge in [-0.25, -0.2) is 0 Å². The van der Waals surface area contributed by atoms with Gasteiger partial charge in [0.2, 0.25) is 0 Å². The third-order valence-corrected chi connectivity index (χ3v) is 4.08. The lowest BCUT2D eigenvalue weighted by atomic mass is 10.1. The largest absolute Gasteiger partial charge is 0.397 e. The summed E-state index contributed by atoms with van der Waals surface area (Å²) in [5.41, 5.74) is 9.28. The summed E-state index contributed by atoms with van der Waals surface area (Å²) in [5, 5.41) is 4.66. The van der Waals surface area contributed by atoms with Crippen LogP contribution < -0.4 is 11.1 Å². The predicted octanol–water partition coefficient (Wildman–Crippen LogP) is 4.25. The van der Waals surface area contributed by atoms with Crippen molar-refractivity contribution >= 4 is 28.6 Å². The molecular weight excluding hydrogens is 280 g/mol.